The first-order chi connectivity index (χ1) is 11.7. The standard InChI is InChI=1S/C15H13N5O3S/c16-8-11-3-5-13(6-4-11)23-10-12(21)9-19-15(22)20(18-17-19)14-2-1-7-24-14/h1-7,12,21H,9-10H2. The Morgan fingerprint density at radius 2 is 2.08 bits per heavy atom. The molecule has 2 aromatic heterocycles. The van der Waals surface area contributed by atoms with Gasteiger partial charge in [-0.15, -0.1) is 11.3 Å². The minimum absolute atomic E-state index is 0.00972. The fourth-order valence-corrected chi connectivity index (χ4v) is 2.66. The summed E-state index contributed by atoms with van der Waals surface area (Å²) in [6, 6.07) is 12.1. The fraction of sp³-hybridized carbons (Fsp3) is 0.200. The number of rotatable bonds is 6. The van der Waals surface area contributed by atoms with Gasteiger partial charge in [-0.05, 0) is 52.2 Å². The molecule has 3 rings (SSSR count). The molecular formula is C15H13N5O3S. The van der Waals surface area contributed by atoms with E-state index in [9.17, 15) is 9.90 Å². The summed E-state index contributed by atoms with van der Waals surface area (Å²) in [5.41, 5.74) is 0.106. The monoisotopic (exact) mass is 343 g/mol. The lowest BCUT2D eigenvalue weighted by Gasteiger charge is -2.11. The zero-order chi connectivity index (χ0) is 16.9. The van der Waals surface area contributed by atoms with Crippen LogP contribution in [0.1, 0.15) is 5.56 Å². The van der Waals surface area contributed by atoms with Crippen LogP contribution < -0.4 is 10.4 Å². The highest BCUT2D eigenvalue weighted by atomic mass is 32.1. The first-order valence-corrected chi connectivity index (χ1v) is 7.93. The average molecular weight is 343 g/mol. The number of hydrogen-bond acceptors (Lipinski definition) is 7. The number of ether oxygens (including phenoxy) is 1. The molecule has 9 heteroatoms. The van der Waals surface area contributed by atoms with E-state index in [1.807, 2.05) is 17.5 Å². The van der Waals surface area contributed by atoms with E-state index in [4.69, 9.17) is 10.00 Å². The molecule has 0 amide bonds. The van der Waals surface area contributed by atoms with Gasteiger partial charge in [0.1, 0.15) is 23.5 Å². The number of thiophene rings is 1. The van der Waals surface area contributed by atoms with E-state index < -0.39 is 11.8 Å². The lowest BCUT2D eigenvalue weighted by Crippen LogP contribution is -2.31. The van der Waals surface area contributed by atoms with E-state index in [0.717, 1.165) is 4.68 Å². The summed E-state index contributed by atoms with van der Waals surface area (Å²) in [6.45, 7) is -0.0370. The third-order valence-corrected chi connectivity index (χ3v) is 4.01. The summed E-state index contributed by atoms with van der Waals surface area (Å²) < 4.78 is 7.70. The van der Waals surface area contributed by atoms with Crippen molar-refractivity contribution >= 4 is 11.3 Å². The Bertz CT molecular complexity index is 893. The van der Waals surface area contributed by atoms with Crippen LogP contribution >= 0.6 is 11.3 Å². The largest absolute Gasteiger partial charge is 0.491 e. The second-order valence-corrected chi connectivity index (χ2v) is 5.83. The number of benzene rings is 1. The van der Waals surface area contributed by atoms with E-state index in [2.05, 4.69) is 10.4 Å². The van der Waals surface area contributed by atoms with Crippen molar-refractivity contribution in [2.45, 2.75) is 12.6 Å². The molecule has 3 aromatic rings. The summed E-state index contributed by atoms with van der Waals surface area (Å²) in [4.78, 5) is 12.2. The summed E-state index contributed by atoms with van der Waals surface area (Å²) in [6.07, 6.45) is -0.924. The number of aromatic nitrogens is 4. The number of nitriles is 1. The second kappa shape index (κ2) is 7.08. The summed E-state index contributed by atoms with van der Waals surface area (Å²) in [5.74, 6) is 0.530. The topological polar surface area (TPSA) is 106 Å². The number of hydrogen-bond donors (Lipinski definition) is 1. The molecule has 2 heterocycles. The van der Waals surface area contributed by atoms with Crippen molar-refractivity contribution < 1.29 is 9.84 Å². The fourth-order valence-electron chi connectivity index (χ4n) is 1.99. The third kappa shape index (κ3) is 3.51. The summed E-state index contributed by atoms with van der Waals surface area (Å²) in [5, 5.41) is 28.8. The number of tetrazole rings is 1. The molecule has 0 saturated carbocycles. The Morgan fingerprint density at radius 3 is 2.75 bits per heavy atom. The van der Waals surface area contributed by atoms with Crippen LogP contribution in [0.5, 0.6) is 5.75 Å². The van der Waals surface area contributed by atoms with Crippen molar-refractivity contribution in [1.82, 2.24) is 19.8 Å². The van der Waals surface area contributed by atoms with E-state index >= 15 is 0 Å². The number of nitrogens with zero attached hydrogens (tertiary/aromatic N) is 5. The first kappa shape index (κ1) is 15.9. The molecular weight excluding hydrogens is 330 g/mol. The van der Waals surface area contributed by atoms with E-state index in [1.165, 1.54) is 16.0 Å². The normalized spacial score (nSPS) is 11.8. The van der Waals surface area contributed by atoms with Crippen LogP contribution in [0, 0.1) is 11.3 Å². The van der Waals surface area contributed by atoms with Gasteiger partial charge in [0.2, 0.25) is 0 Å². The molecule has 0 saturated heterocycles. The van der Waals surface area contributed by atoms with E-state index in [-0.39, 0.29) is 13.2 Å². The molecule has 0 radical (unpaired) electrons. The predicted molar refractivity (Wildman–Crippen MR) is 86.2 cm³/mol. The van der Waals surface area contributed by atoms with Gasteiger partial charge in [0.15, 0.2) is 0 Å². The van der Waals surface area contributed by atoms with Gasteiger partial charge < -0.3 is 9.84 Å². The van der Waals surface area contributed by atoms with Gasteiger partial charge in [0.05, 0.1) is 18.2 Å². The highest BCUT2D eigenvalue weighted by Gasteiger charge is 2.14. The van der Waals surface area contributed by atoms with Crippen molar-refractivity contribution in [2.75, 3.05) is 6.61 Å². The highest BCUT2D eigenvalue weighted by molar-refractivity contribution is 7.12. The molecule has 1 aromatic carbocycles. The van der Waals surface area contributed by atoms with E-state index in [1.54, 1.807) is 30.3 Å². The lowest BCUT2D eigenvalue weighted by atomic mass is 10.2. The second-order valence-electron chi connectivity index (χ2n) is 4.91. The smallest absolute Gasteiger partial charge is 0.369 e. The van der Waals surface area contributed by atoms with Gasteiger partial charge in [0, 0.05) is 0 Å². The van der Waals surface area contributed by atoms with Crippen molar-refractivity contribution in [3.63, 3.8) is 0 Å². The van der Waals surface area contributed by atoms with Gasteiger partial charge in [-0.3, -0.25) is 0 Å². The maximum absolute atomic E-state index is 12.2. The van der Waals surface area contributed by atoms with Crippen LogP contribution in [-0.2, 0) is 6.54 Å². The molecule has 0 bridgehead atoms. The van der Waals surface area contributed by atoms with Crippen LogP contribution in [0.4, 0.5) is 0 Å². The molecule has 24 heavy (non-hydrogen) atoms. The highest BCUT2D eigenvalue weighted by Crippen LogP contribution is 2.12. The third-order valence-electron chi connectivity index (χ3n) is 3.16. The van der Waals surface area contributed by atoms with Crippen molar-refractivity contribution in [1.29, 1.82) is 5.26 Å². The lowest BCUT2D eigenvalue weighted by molar-refractivity contribution is 0.0879. The minimum Gasteiger partial charge on any atom is -0.491 e. The van der Waals surface area contributed by atoms with Crippen molar-refractivity contribution in [2.24, 2.45) is 0 Å². The first-order valence-electron chi connectivity index (χ1n) is 7.05. The van der Waals surface area contributed by atoms with Crippen molar-refractivity contribution in [3.8, 4) is 16.8 Å². The zero-order valence-corrected chi connectivity index (χ0v) is 13.3. The Labute approximate surface area is 140 Å². The minimum atomic E-state index is -0.924. The molecule has 0 spiro atoms. The van der Waals surface area contributed by atoms with Gasteiger partial charge in [-0.1, -0.05) is 0 Å². The molecule has 8 nitrogen and oxygen atoms in total. The molecule has 0 aliphatic heterocycles. The van der Waals surface area contributed by atoms with Crippen LogP contribution in [0.25, 0.3) is 5.00 Å². The van der Waals surface area contributed by atoms with Gasteiger partial charge in [-0.2, -0.15) is 14.6 Å². The zero-order valence-electron chi connectivity index (χ0n) is 12.4. The van der Waals surface area contributed by atoms with Gasteiger partial charge in [-0.25, -0.2) is 4.79 Å². The predicted octanol–water partition coefficient (Wildman–Crippen LogP) is 0.802. The summed E-state index contributed by atoms with van der Waals surface area (Å²) in [7, 11) is 0. The van der Waals surface area contributed by atoms with Gasteiger partial charge in [0.25, 0.3) is 0 Å². The average Bonchev–Trinajstić information content (AvgIpc) is 3.24. The quantitative estimate of drug-likeness (QED) is 0.710. The Balaban J connectivity index is 1.60. The Kier molecular flexibility index (Phi) is 4.69. The number of aliphatic hydroxyl groups excluding tert-OH is 1. The molecule has 0 aliphatic rings. The van der Waals surface area contributed by atoms with Crippen LogP contribution in [0.3, 0.4) is 0 Å². The Hall–Kier alpha value is -2.96. The van der Waals surface area contributed by atoms with Crippen LogP contribution in [0.15, 0.2) is 46.6 Å². The van der Waals surface area contributed by atoms with Gasteiger partial charge >= 0.3 is 5.69 Å². The molecule has 1 unspecified atom stereocenters. The van der Waals surface area contributed by atoms with Crippen LogP contribution in [0.2, 0.25) is 0 Å². The van der Waals surface area contributed by atoms with Crippen LogP contribution in [-0.4, -0.2) is 37.6 Å². The van der Waals surface area contributed by atoms with E-state index in [0.29, 0.717) is 16.3 Å². The molecule has 0 fully saturated rings. The van der Waals surface area contributed by atoms with Crippen molar-refractivity contribution in [3.05, 3.63) is 57.8 Å². The summed E-state index contributed by atoms with van der Waals surface area (Å²) >= 11 is 1.37. The SMILES string of the molecule is N#Cc1ccc(OCC(O)Cn2nnn(-c3cccs3)c2=O)cc1. The molecule has 0 aliphatic carbocycles. The Morgan fingerprint density at radius 1 is 1.29 bits per heavy atom. The number of aliphatic hydroxyl groups is 1. The molecule has 122 valence electrons. The maximum Gasteiger partial charge on any atom is 0.369 e. The molecule has 1 N–H and O–H groups in total. The molecule has 1 atom stereocenters. The maximum atomic E-state index is 12.2.